The van der Waals surface area contributed by atoms with Gasteiger partial charge in [0, 0.05) is 32.7 Å². The lowest BCUT2D eigenvalue weighted by Gasteiger charge is -2.06. The number of nitrogens with one attached hydrogen (secondary N) is 2. The predicted molar refractivity (Wildman–Crippen MR) is 66.6 cm³/mol. The van der Waals surface area contributed by atoms with Crippen LogP contribution < -0.4 is 21.1 Å². The zero-order valence-electron chi connectivity index (χ0n) is 9.83. The smallest absolute Gasteiger partial charge is 0.118 e. The molecule has 1 rings (SSSR count). The van der Waals surface area contributed by atoms with Crippen LogP contribution in [0.25, 0.3) is 0 Å². The number of nitrogens with two attached hydrogens (primary N) is 1. The summed E-state index contributed by atoms with van der Waals surface area (Å²) >= 11 is 0. The Bertz CT molecular complexity index is 274. The molecular weight excluding hydrogens is 202 g/mol. The van der Waals surface area contributed by atoms with Gasteiger partial charge in [0.05, 0.1) is 7.11 Å². The van der Waals surface area contributed by atoms with Gasteiger partial charge in [-0.05, 0) is 17.7 Å². The Morgan fingerprint density at radius 3 is 2.38 bits per heavy atom. The lowest BCUT2D eigenvalue weighted by Crippen LogP contribution is -2.30. The van der Waals surface area contributed by atoms with Crippen molar-refractivity contribution in [3.63, 3.8) is 0 Å². The SMILES string of the molecule is COc1ccc(CNCCNCCN)cc1. The van der Waals surface area contributed by atoms with Gasteiger partial charge in [0.15, 0.2) is 0 Å². The van der Waals surface area contributed by atoms with Crippen LogP contribution in [0.3, 0.4) is 0 Å². The van der Waals surface area contributed by atoms with Crippen molar-refractivity contribution >= 4 is 0 Å². The van der Waals surface area contributed by atoms with E-state index in [2.05, 4.69) is 22.8 Å². The van der Waals surface area contributed by atoms with Crippen molar-refractivity contribution in [3.05, 3.63) is 29.8 Å². The van der Waals surface area contributed by atoms with Crippen LogP contribution in [0.2, 0.25) is 0 Å². The molecule has 0 saturated heterocycles. The monoisotopic (exact) mass is 223 g/mol. The van der Waals surface area contributed by atoms with Crippen LogP contribution in [0.4, 0.5) is 0 Å². The van der Waals surface area contributed by atoms with Gasteiger partial charge < -0.3 is 21.1 Å². The van der Waals surface area contributed by atoms with Crippen LogP contribution in [0.15, 0.2) is 24.3 Å². The quantitative estimate of drug-likeness (QED) is 0.556. The third-order valence-corrected chi connectivity index (χ3v) is 2.29. The van der Waals surface area contributed by atoms with Crippen LogP contribution in [0.5, 0.6) is 5.75 Å². The Morgan fingerprint density at radius 1 is 1.06 bits per heavy atom. The van der Waals surface area contributed by atoms with Crippen LogP contribution in [-0.2, 0) is 6.54 Å². The molecule has 0 spiro atoms. The fourth-order valence-corrected chi connectivity index (χ4v) is 1.38. The summed E-state index contributed by atoms with van der Waals surface area (Å²) < 4.78 is 5.10. The van der Waals surface area contributed by atoms with Crippen molar-refractivity contribution in [3.8, 4) is 5.75 Å². The van der Waals surface area contributed by atoms with Gasteiger partial charge in [-0.1, -0.05) is 12.1 Å². The molecule has 1 aromatic rings. The van der Waals surface area contributed by atoms with E-state index in [-0.39, 0.29) is 0 Å². The van der Waals surface area contributed by atoms with Gasteiger partial charge >= 0.3 is 0 Å². The first-order valence-electron chi connectivity index (χ1n) is 5.61. The molecule has 0 unspecified atom stereocenters. The predicted octanol–water partition coefficient (Wildman–Crippen LogP) is 0.333. The van der Waals surface area contributed by atoms with Gasteiger partial charge in [-0.15, -0.1) is 0 Å². The van der Waals surface area contributed by atoms with Crippen LogP contribution >= 0.6 is 0 Å². The summed E-state index contributed by atoms with van der Waals surface area (Å²) in [6.45, 7) is 4.36. The maximum absolute atomic E-state index is 5.37. The van der Waals surface area contributed by atoms with Crippen molar-refractivity contribution in [2.75, 3.05) is 33.3 Å². The second-order valence-corrected chi connectivity index (χ2v) is 3.56. The minimum atomic E-state index is 0.693. The fourth-order valence-electron chi connectivity index (χ4n) is 1.38. The average molecular weight is 223 g/mol. The highest BCUT2D eigenvalue weighted by atomic mass is 16.5. The summed E-state index contributed by atoms with van der Waals surface area (Å²) in [5, 5.41) is 6.59. The van der Waals surface area contributed by atoms with Crippen LogP contribution in [0.1, 0.15) is 5.56 Å². The first-order chi connectivity index (χ1) is 7.86. The zero-order chi connectivity index (χ0) is 11.6. The molecule has 0 aliphatic heterocycles. The Labute approximate surface area is 97.2 Å². The number of rotatable bonds is 8. The topological polar surface area (TPSA) is 59.3 Å². The summed E-state index contributed by atoms with van der Waals surface area (Å²) in [7, 11) is 1.68. The number of benzene rings is 1. The molecule has 0 heterocycles. The number of ether oxygens (including phenoxy) is 1. The van der Waals surface area contributed by atoms with Gasteiger partial charge in [0.25, 0.3) is 0 Å². The molecule has 0 aliphatic rings. The fraction of sp³-hybridized carbons (Fsp3) is 0.500. The third-order valence-electron chi connectivity index (χ3n) is 2.29. The molecule has 16 heavy (non-hydrogen) atoms. The first kappa shape index (κ1) is 13.0. The van der Waals surface area contributed by atoms with Gasteiger partial charge in [-0.2, -0.15) is 0 Å². The highest BCUT2D eigenvalue weighted by Crippen LogP contribution is 2.10. The van der Waals surface area contributed by atoms with E-state index in [0.29, 0.717) is 6.54 Å². The zero-order valence-corrected chi connectivity index (χ0v) is 9.83. The Balaban J connectivity index is 2.12. The summed E-state index contributed by atoms with van der Waals surface area (Å²) in [6, 6.07) is 8.09. The maximum Gasteiger partial charge on any atom is 0.118 e. The molecule has 4 heteroatoms. The van der Waals surface area contributed by atoms with E-state index in [4.69, 9.17) is 10.5 Å². The van der Waals surface area contributed by atoms with Gasteiger partial charge in [-0.25, -0.2) is 0 Å². The van der Waals surface area contributed by atoms with E-state index < -0.39 is 0 Å². The Morgan fingerprint density at radius 2 is 1.75 bits per heavy atom. The van der Waals surface area contributed by atoms with E-state index in [1.807, 2.05) is 12.1 Å². The third kappa shape index (κ3) is 5.11. The molecule has 4 N–H and O–H groups in total. The van der Waals surface area contributed by atoms with Crippen molar-refractivity contribution in [2.24, 2.45) is 5.73 Å². The molecule has 0 amide bonds. The highest BCUT2D eigenvalue weighted by molar-refractivity contribution is 5.26. The second-order valence-electron chi connectivity index (χ2n) is 3.56. The molecule has 1 aromatic carbocycles. The summed E-state index contributed by atoms with van der Waals surface area (Å²) in [6.07, 6.45) is 0. The molecule has 0 radical (unpaired) electrons. The van der Waals surface area contributed by atoms with Gasteiger partial charge in [0.2, 0.25) is 0 Å². The molecule has 0 saturated carbocycles. The lowest BCUT2D eigenvalue weighted by atomic mass is 10.2. The van der Waals surface area contributed by atoms with Crippen molar-refractivity contribution in [1.29, 1.82) is 0 Å². The molecule has 90 valence electrons. The molecule has 0 bridgehead atoms. The molecule has 0 atom stereocenters. The molecule has 0 aromatic heterocycles. The Hall–Kier alpha value is -1.10. The lowest BCUT2D eigenvalue weighted by molar-refractivity contribution is 0.414. The number of hydrogen-bond donors (Lipinski definition) is 3. The minimum absolute atomic E-state index is 0.693. The van der Waals surface area contributed by atoms with E-state index in [9.17, 15) is 0 Å². The standard InChI is InChI=1S/C12H21N3O/c1-16-12-4-2-11(3-5-12)10-15-9-8-14-7-6-13/h2-5,14-15H,6-10,13H2,1H3. The van der Waals surface area contributed by atoms with Crippen LogP contribution in [-0.4, -0.2) is 33.3 Å². The average Bonchev–Trinajstić information content (AvgIpc) is 2.34. The first-order valence-corrected chi connectivity index (χ1v) is 5.61. The summed E-state index contributed by atoms with van der Waals surface area (Å²) in [4.78, 5) is 0. The maximum atomic E-state index is 5.37. The van der Waals surface area contributed by atoms with Crippen molar-refractivity contribution in [2.45, 2.75) is 6.54 Å². The number of hydrogen-bond acceptors (Lipinski definition) is 4. The second kappa shape index (κ2) is 8.10. The van der Waals surface area contributed by atoms with Gasteiger partial charge in [-0.3, -0.25) is 0 Å². The Kier molecular flexibility index (Phi) is 6.56. The largest absolute Gasteiger partial charge is 0.497 e. The van der Waals surface area contributed by atoms with E-state index in [1.165, 1.54) is 5.56 Å². The molecule has 0 aliphatic carbocycles. The molecule has 4 nitrogen and oxygen atoms in total. The van der Waals surface area contributed by atoms with E-state index in [1.54, 1.807) is 7.11 Å². The highest BCUT2D eigenvalue weighted by Gasteiger charge is 1.93. The van der Waals surface area contributed by atoms with Crippen molar-refractivity contribution in [1.82, 2.24) is 10.6 Å². The normalized spacial score (nSPS) is 10.4. The number of methoxy groups -OCH3 is 1. The summed E-state index contributed by atoms with van der Waals surface area (Å²) in [5.41, 5.74) is 6.63. The minimum Gasteiger partial charge on any atom is -0.497 e. The molecule has 0 fully saturated rings. The molecular formula is C12H21N3O. The van der Waals surface area contributed by atoms with Gasteiger partial charge in [0.1, 0.15) is 5.75 Å². The van der Waals surface area contributed by atoms with E-state index >= 15 is 0 Å². The van der Waals surface area contributed by atoms with E-state index in [0.717, 1.165) is 31.9 Å². The van der Waals surface area contributed by atoms with Crippen LogP contribution in [0, 0.1) is 0 Å². The van der Waals surface area contributed by atoms with Crippen molar-refractivity contribution < 1.29 is 4.74 Å². The summed E-state index contributed by atoms with van der Waals surface area (Å²) in [5.74, 6) is 0.897.